The molecule has 0 unspecified atom stereocenters. The molecule has 3 heterocycles. The number of benzene rings is 1. The summed E-state index contributed by atoms with van der Waals surface area (Å²) in [6.07, 6.45) is 2.16. The second-order valence-corrected chi connectivity index (χ2v) is 8.40. The van der Waals surface area contributed by atoms with Crippen LogP contribution in [-0.2, 0) is 11.2 Å². The molecule has 0 bridgehead atoms. The van der Waals surface area contributed by atoms with Gasteiger partial charge in [0.05, 0.1) is 17.6 Å². The minimum Gasteiger partial charge on any atom is -0.365 e. The van der Waals surface area contributed by atoms with Gasteiger partial charge < -0.3 is 11.1 Å². The fourth-order valence-electron chi connectivity index (χ4n) is 4.15. The van der Waals surface area contributed by atoms with Crippen molar-refractivity contribution < 1.29 is 9.59 Å². The topological polar surface area (TPSA) is 120 Å². The zero-order chi connectivity index (χ0) is 23.9. The van der Waals surface area contributed by atoms with Crippen molar-refractivity contribution in [2.24, 2.45) is 5.73 Å². The number of carbonyl (C=O) groups excluding carboxylic acids is 2. The molecule has 3 N–H and O–H groups in total. The molecule has 33 heavy (non-hydrogen) atoms. The highest BCUT2D eigenvalue weighted by atomic mass is 16.2. The molecule has 0 atom stereocenters. The lowest BCUT2D eigenvalue weighted by Gasteiger charge is -2.13. The van der Waals surface area contributed by atoms with E-state index in [1.165, 1.54) is 6.20 Å². The second kappa shape index (κ2) is 8.50. The number of aromatic nitrogens is 5. The van der Waals surface area contributed by atoms with Crippen LogP contribution in [0.4, 0.5) is 5.82 Å². The van der Waals surface area contributed by atoms with Crippen molar-refractivity contribution in [3.63, 3.8) is 0 Å². The summed E-state index contributed by atoms with van der Waals surface area (Å²) in [5.41, 5.74) is 12.6. The summed E-state index contributed by atoms with van der Waals surface area (Å²) in [7, 11) is 0. The Balaban J connectivity index is 1.54. The first-order valence-electron chi connectivity index (χ1n) is 10.7. The van der Waals surface area contributed by atoms with Crippen LogP contribution in [-0.4, -0.2) is 36.2 Å². The number of nitrogens with zero attached hydrogens (tertiary/aromatic N) is 5. The van der Waals surface area contributed by atoms with Crippen molar-refractivity contribution >= 4 is 23.3 Å². The molecule has 4 aromatic rings. The van der Waals surface area contributed by atoms with Crippen LogP contribution in [0.1, 0.15) is 50.6 Å². The molecular formula is C24H27N7O2. The van der Waals surface area contributed by atoms with E-state index in [9.17, 15) is 9.59 Å². The number of amides is 2. The molecule has 0 saturated heterocycles. The third kappa shape index (κ3) is 4.34. The summed E-state index contributed by atoms with van der Waals surface area (Å²) in [6.45, 7) is 9.72. The molecule has 0 aliphatic heterocycles. The van der Waals surface area contributed by atoms with Crippen molar-refractivity contribution in [2.75, 3.05) is 5.32 Å². The standard InChI is InChI=1S/C24H27N7O2/c1-13-8-14(2)10-18(9-13)31-21(11-15(3)29-31)28-22(32)7-6-19-16(4)27-24-20(23(25)33)12-26-30(24)17(19)5/h8-12H,6-7H2,1-5H3,(H2,25,33)(H,28,32). The smallest absolute Gasteiger partial charge is 0.254 e. The van der Waals surface area contributed by atoms with E-state index in [-0.39, 0.29) is 17.9 Å². The van der Waals surface area contributed by atoms with E-state index < -0.39 is 5.91 Å². The molecule has 9 heteroatoms. The summed E-state index contributed by atoms with van der Waals surface area (Å²) < 4.78 is 3.35. The lowest BCUT2D eigenvalue weighted by molar-refractivity contribution is -0.116. The predicted octanol–water partition coefficient (Wildman–Crippen LogP) is 3.13. The SMILES string of the molecule is Cc1cc(C)cc(-n2nc(C)cc2NC(=O)CCc2c(C)nc3c(C(N)=O)cnn3c2C)c1. The minimum atomic E-state index is -0.570. The molecule has 0 saturated carbocycles. The fraction of sp³-hybridized carbons (Fsp3) is 0.292. The molecule has 9 nitrogen and oxygen atoms in total. The Morgan fingerprint density at radius 3 is 2.39 bits per heavy atom. The van der Waals surface area contributed by atoms with Crippen LogP contribution in [0.5, 0.6) is 0 Å². The van der Waals surface area contributed by atoms with Gasteiger partial charge in [-0.05, 0) is 69.9 Å². The first kappa shape index (κ1) is 22.2. The molecule has 3 aromatic heterocycles. The minimum absolute atomic E-state index is 0.127. The van der Waals surface area contributed by atoms with Crippen molar-refractivity contribution in [1.82, 2.24) is 24.4 Å². The Morgan fingerprint density at radius 1 is 1.03 bits per heavy atom. The summed E-state index contributed by atoms with van der Waals surface area (Å²) in [5.74, 6) is -0.0699. The number of primary amides is 1. The largest absolute Gasteiger partial charge is 0.365 e. The van der Waals surface area contributed by atoms with Crippen molar-refractivity contribution in [1.29, 1.82) is 0 Å². The van der Waals surface area contributed by atoms with E-state index >= 15 is 0 Å². The number of fused-ring (bicyclic) bond motifs is 1. The maximum Gasteiger partial charge on any atom is 0.254 e. The second-order valence-electron chi connectivity index (χ2n) is 8.40. The normalized spacial score (nSPS) is 11.2. The van der Waals surface area contributed by atoms with Gasteiger partial charge in [-0.25, -0.2) is 14.2 Å². The number of nitrogens with two attached hydrogens (primary N) is 1. The zero-order valence-electron chi connectivity index (χ0n) is 19.4. The van der Waals surface area contributed by atoms with Crippen LogP contribution in [0.25, 0.3) is 11.3 Å². The van der Waals surface area contributed by atoms with Crippen LogP contribution in [0.15, 0.2) is 30.5 Å². The average Bonchev–Trinajstić information content (AvgIpc) is 3.30. The summed E-state index contributed by atoms with van der Waals surface area (Å²) in [4.78, 5) is 29.0. The third-order valence-electron chi connectivity index (χ3n) is 5.63. The van der Waals surface area contributed by atoms with Crippen LogP contribution in [0, 0.1) is 34.6 Å². The number of nitrogens with one attached hydrogen (secondary N) is 1. The van der Waals surface area contributed by atoms with Crippen molar-refractivity contribution in [3.8, 4) is 5.69 Å². The quantitative estimate of drug-likeness (QED) is 0.472. The van der Waals surface area contributed by atoms with Gasteiger partial charge in [-0.3, -0.25) is 9.59 Å². The molecule has 170 valence electrons. The first-order chi connectivity index (χ1) is 15.6. The maximum atomic E-state index is 12.8. The van der Waals surface area contributed by atoms with Gasteiger partial charge in [0.2, 0.25) is 5.91 Å². The number of carbonyl (C=O) groups is 2. The summed E-state index contributed by atoms with van der Waals surface area (Å²) >= 11 is 0. The van der Waals surface area contributed by atoms with Gasteiger partial charge in [-0.15, -0.1) is 0 Å². The van der Waals surface area contributed by atoms with Gasteiger partial charge in [0.25, 0.3) is 5.91 Å². The zero-order valence-corrected chi connectivity index (χ0v) is 19.4. The van der Waals surface area contributed by atoms with E-state index in [4.69, 9.17) is 5.73 Å². The number of hydrogen-bond donors (Lipinski definition) is 2. The Labute approximate surface area is 191 Å². The highest BCUT2D eigenvalue weighted by Gasteiger charge is 2.18. The van der Waals surface area contributed by atoms with E-state index in [1.807, 2.05) is 52.8 Å². The van der Waals surface area contributed by atoms with Crippen molar-refractivity contribution in [2.45, 2.75) is 47.5 Å². The van der Waals surface area contributed by atoms with Gasteiger partial charge in [-0.1, -0.05) is 6.07 Å². The number of hydrogen-bond acceptors (Lipinski definition) is 5. The van der Waals surface area contributed by atoms with E-state index in [0.717, 1.165) is 39.5 Å². The molecule has 0 aliphatic carbocycles. The number of aryl methyl sites for hydroxylation is 5. The molecular weight excluding hydrogens is 418 g/mol. The molecule has 0 radical (unpaired) electrons. The lowest BCUT2D eigenvalue weighted by atomic mass is 10.1. The van der Waals surface area contributed by atoms with Crippen LogP contribution >= 0.6 is 0 Å². The molecule has 4 rings (SSSR count). The highest BCUT2D eigenvalue weighted by molar-refractivity contribution is 5.98. The average molecular weight is 446 g/mol. The van der Waals surface area contributed by atoms with Crippen molar-refractivity contribution in [3.05, 3.63) is 69.8 Å². The Morgan fingerprint density at radius 2 is 1.73 bits per heavy atom. The summed E-state index contributed by atoms with van der Waals surface area (Å²) in [6, 6.07) is 8.02. The van der Waals surface area contributed by atoms with E-state index in [0.29, 0.717) is 17.9 Å². The van der Waals surface area contributed by atoms with Gasteiger partial charge in [0, 0.05) is 23.9 Å². The Hall–Kier alpha value is -4.01. The van der Waals surface area contributed by atoms with Crippen LogP contribution in [0.3, 0.4) is 0 Å². The van der Waals surface area contributed by atoms with E-state index in [1.54, 1.807) is 9.20 Å². The van der Waals surface area contributed by atoms with Gasteiger partial charge in [-0.2, -0.15) is 10.2 Å². The molecule has 2 amide bonds. The van der Waals surface area contributed by atoms with Gasteiger partial charge in [0.15, 0.2) is 5.65 Å². The van der Waals surface area contributed by atoms with Gasteiger partial charge in [0.1, 0.15) is 11.4 Å². The summed E-state index contributed by atoms with van der Waals surface area (Å²) in [5, 5.41) is 11.8. The lowest BCUT2D eigenvalue weighted by Crippen LogP contribution is -2.17. The number of rotatable bonds is 6. The number of anilines is 1. The molecule has 0 spiro atoms. The van der Waals surface area contributed by atoms with Gasteiger partial charge >= 0.3 is 0 Å². The van der Waals surface area contributed by atoms with Crippen LogP contribution < -0.4 is 11.1 Å². The molecule has 0 aliphatic rings. The molecule has 1 aromatic carbocycles. The maximum absolute atomic E-state index is 12.8. The van der Waals surface area contributed by atoms with E-state index in [2.05, 4.69) is 26.6 Å². The Bertz CT molecular complexity index is 1380. The third-order valence-corrected chi connectivity index (χ3v) is 5.63. The predicted molar refractivity (Wildman–Crippen MR) is 126 cm³/mol. The molecule has 0 fully saturated rings. The fourth-order valence-corrected chi connectivity index (χ4v) is 4.15. The van der Waals surface area contributed by atoms with Crippen LogP contribution in [0.2, 0.25) is 0 Å². The highest BCUT2D eigenvalue weighted by Crippen LogP contribution is 2.21. The first-order valence-corrected chi connectivity index (χ1v) is 10.7. The monoisotopic (exact) mass is 445 g/mol. The Kier molecular flexibility index (Phi) is 5.71.